The molecule has 0 unspecified atom stereocenters. The molecule has 4 nitrogen and oxygen atoms in total. The van der Waals surface area contributed by atoms with Gasteiger partial charge >= 0.3 is 0 Å². The predicted octanol–water partition coefficient (Wildman–Crippen LogP) is 5.72. The summed E-state index contributed by atoms with van der Waals surface area (Å²) in [5.74, 6) is 1.14. The van der Waals surface area contributed by atoms with Gasteiger partial charge in [0.2, 0.25) is 5.91 Å². The van der Waals surface area contributed by atoms with Crippen molar-refractivity contribution in [1.29, 1.82) is 0 Å². The third-order valence-corrected chi connectivity index (χ3v) is 4.65. The summed E-state index contributed by atoms with van der Waals surface area (Å²) in [6, 6.07) is 23.4. The van der Waals surface area contributed by atoms with E-state index in [0.29, 0.717) is 10.9 Å². The van der Waals surface area contributed by atoms with Crippen LogP contribution >= 0.6 is 11.3 Å². The number of hydrogen-bond acceptors (Lipinski definition) is 4. The van der Waals surface area contributed by atoms with Gasteiger partial charge in [0.05, 0.1) is 5.69 Å². The normalized spacial score (nSPS) is 11.0. The molecule has 0 saturated carbocycles. The highest BCUT2D eigenvalue weighted by Gasteiger charge is 2.07. The number of benzene rings is 2. The molecule has 0 aliphatic rings. The second-order valence-corrected chi connectivity index (χ2v) is 6.65. The maximum atomic E-state index is 12.1. The van der Waals surface area contributed by atoms with Gasteiger partial charge in [0.1, 0.15) is 11.5 Å². The minimum atomic E-state index is -0.248. The molecule has 0 bridgehead atoms. The maximum Gasteiger partial charge on any atom is 0.250 e. The van der Waals surface area contributed by atoms with Gasteiger partial charge in [-0.25, -0.2) is 4.98 Å². The van der Waals surface area contributed by atoms with Crippen molar-refractivity contribution in [3.8, 4) is 22.6 Å². The molecule has 0 spiro atoms. The molecule has 2 heterocycles. The summed E-state index contributed by atoms with van der Waals surface area (Å²) < 4.78 is 5.75. The number of anilines is 1. The van der Waals surface area contributed by atoms with E-state index >= 15 is 0 Å². The standard InChI is InChI=1S/C22H16N2O2S/c25-21(24-22-23-19(15-27-22)16-7-3-1-4-8-16)14-12-18-11-13-20(26-18)17-9-5-2-6-10-17/h1-15H,(H,23,24,25)/b14-12+. The molecule has 0 aliphatic carbocycles. The highest BCUT2D eigenvalue weighted by atomic mass is 32.1. The quantitative estimate of drug-likeness (QED) is 0.456. The van der Waals surface area contributed by atoms with E-state index in [1.807, 2.05) is 78.2 Å². The van der Waals surface area contributed by atoms with Gasteiger partial charge in [-0.3, -0.25) is 10.1 Å². The van der Waals surface area contributed by atoms with Crippen LogP contribution in [0, 0.1) is 0 Å². The van der Waals surface area contributed by atoms with Gasteiger partial charge in [-0.1, -0.05) is 60.7 Å². The monoisotopic (exact) mass is 372 g/mol. The second-order valence-electron chi connectivity index (χ2n) is 5.79. The largest absolute Gasteiger partial charge is 0.457 e. The summed E-state index contributed by atoms with van der Waals surface area (Å²) in [5.41, 5.74) is 2.87. The van der Waals surface area contributed by atoms with Crippen LogP contribution < -0.4 is 5.32 Å². The minimum Gasteiger partial charge on any atom is -0.457 e. The van der Waals surface area contributed by atoms with E-state index in [4.69, 9.17) is 4.42 Å². The SMILES string of the molecule is O=C(/C=C/c1ccc(-c2ccccc2)o1)Nc1nc(-c2ccccc2)cs1. The average Bonchev–Trinajstić information content (AvgIpc) is 3.37. The van der Waals surface area contributed by atoms with Crippen molar-refractivity contribution in [3.63, 3.8) is 0 Å². The van der Waals surface area contributed by atoms with Crippen LogP contribution in [0.4, 0.5) is 5.13 Å². The number of aromatic nitrogens is 1. The molecule has 5 heteroatoms. The Balaban J connectivity index is 1.40. The van der Waals surface area contributed by atoms with Crippen LogP contribution in [0.2, 0.25) is 0 Å². The van der Waals surface area contributed by atoms with Crippen LogP contribution in [-0.4, -0.2) is 10.9 Å². The zero-order valence-electron chi connectivity index (χ0n) is 14.3. The molecule has 4 rings (SSSR count). The lowest BCUT2D eigenvalue weighted by Gasteiger charge is -1.97. The zero-order valence-corrected chi connectivity index (χ0v) is 15.1. The highest BCUT2D eigenvalue weighted by Crippen LogP contribution is 2.25. The molecule has 0 aliphatic heterocycles. The molecule has 4 aromatic rings. The van der Waals surface area contributed by atoms with E-state index in [1.54, 1.807) is 6.08 Å². The first-order valence-electron chi connectivity index (χ1n) is 8.43. The molecule has 0 atom stereocenters. The van der Waals surface area contributed by atoms with Gasteiger partial charge in [0.25, 0.3) is 0 Å². The van der Waals surface area contributed by atoms with Gasteiger partial charge in [0, 0.05) is 22.6 Å². The van der Waals surface area contributed by atoms with Crippen LogP contribution in [0.25, 0.3) is 28.7 Å². The van der Waals surface area contributed by atoms with Crippen molar-refractivity contribution in [2.24, 2.45) is 0 Å². The molecule has 2 aromatic heterocycles. The van der Waals surface area contributed by atoms with Crippen LogP contribution in [0.3, 0.4) is 0 Å². The van der Waals surface area contributed by atoms with Crippen LogP contribution in [-0.2, 0) is 4.79 Å². The van der Waals surface area contributed by atoms with Crippen LogP contribution in [0.15, 0.2) is 88.7 Å². The van der Waals surface area contributed by atoms with Crippen molar-refractivity contribution in [3.05, 3.63) is 90.0 Å². The lowest BCUT2D eigenvalue weighted by molar-refractivity contribution is -0.111. The summed E-state index contributed by atoms with van der Waals surface area (Å²) in [7, 11) is 0. The number of thiazole rings is 1. The van der Waals surface area contributed by atoms with Crippen LogP contribution in [0.1, 0.15) is 5.76 Å². The van der Waals surface area contributed by atoms with Gasteiger partial charge in [-0.05, 0) is 18.2 Å². The van der Waals surface area contributed by atoms with E-state index in [1.165, 1.54) is 17.4 Å². The third-order valence-electron chi connectivity index (χ3n) is 3.89. The number of amides is 1. The van der Waals surface area contributed by atoms with E-state index in [9.17, 15) is 4.79 Å². The second kappa shape index (κ2) is 7.85. The van der Waals surface area contributed by atoms with Crippen molar-refractivity contribution in [2.45, 2.75) is 0 Å². The summed E-state index contributed by atoms with van der Waals surface area (Å²) in [6.45, 7) is 0. The average molecular weight is 372 g/mol. The number of nitrogens with one attached hydrogen (secondary N) is 1. The predicted molar refractivity (Wildman–Crippen MR) is 109 cm³/mol. The molecular weight excluding hydrogens is 356 g/mol. The first-order chi connectivity index (χ1) is 13.3. The third kappa shape index (κ3) is 4.22. The fourth-order valence-electron chi connectivity index (χ4n) is 2.58. The molecular formula is C22H16N2O2S. The molecule has 27 heavy (non-hydrogen) atoms. The minimum absolute atomic E-state index is 0.248. The number of hydrogen-bond donors (Lipinski definition) is 1. The number of nitrogens with zero attached hydrogens (tertiary/aromatic N) is 1. The van der Waals surface area contributed by atoms with Crippen molar-refractivity contribution in [2.75, 3.05) is 5.32 Å². The van der Waals surface area contributed by atoms with E-state index in [-0.39, 0.29) is 5.91 Å². The number of rotatable bonds is 5. The van der Waals surface area contributed by atoms with Crippen molar-refractivity contribution < 1.29 is 9.21 Å². The Kier molecular flexibility index (Phi) is 4.94. The lowest BCUT2D eigenvalue weighted by Crippen LogP contribution is -2.07. The fourth-order valence-corrected chi connectivity index (χ4v) is 3.30. The lowest BCUT2D eigenvalue weighted by atomic mass is 10.2. The van der Waals surface area contributed by atoms with Gasteiger partial charge < -0.3 is 4.42 Å². The Morgan fingerprint density at radius 1 is 0.926 bits per heavy atom. The Morgan fingerprint density at radius 2 is 1.63 bits per heavy atom. The molecule has 132 valence electrons. The number of furan rings is 1. The molecule has 0 saturated heterocycles. The Hall–Kier alpha value is -3.44. The Morgan fingerprint density at radius 3 is 2.37 bits per heavy atom. The van der Waals surface area contributed by atoms with Gasteiger partial charge in [-0.15, -0.1) is 11.3 Å². The molecule has 1 N–H and O–H groups in total. The Bertz CT molecular complexity index is 1070. The Labute approximate surface area is 160 Å². The molecule has 2 aromatic carbocycles. The van der Waals surface area contributed by atoms with E-state index in [0.717, 1.165) is 22.6 Å². The topological polar surface area (TPSA) is 55.1 Å². The summed E-state index contributed by atoms with van der Waals surface area (Å²) in [5, 5.41) is 5.27. The van der Waals surface area contributed by atoms with Crippen molar-refractivity contribution in [1.82, 2.24) is 4.98 Å². The van der Waals surface area contributed by atoms with Gasteiger partial charge in [0.15, 0.2) is 5.13 Å². The molecule has 0 radical (unpaired) electrons. The molecule has 0 fully saturated rings. The number of carbonyl (C=O) groups excluding carboxylic acids is 1. The summed E-state index contributed by atoms with van der Waals surface area (Å²) >= 11 is 1.40. The first-order valence-corrected chi connectivity index (χ1v) is 9.31. The zero-order chi connectivity index (χ0) is 18.5. The molecule has 1 amide bonds. The summed E-state index contributed by atoms with van der Waals surface area (Å²) in [6.07, 6.45) is 3.09. The van der Waals surface area contributed by atoms with E-state index in [2.05, 4.69) is 10.3 Å². The van der Waals surface area contributed by atoms with Crippen molar-refractivity contribution >= 4 is 28.5 Å². The highest BCUT2D eigenvalue weighted by molar-refractivity contribution is 7.14. The summed E-state index contributed by atoms with van der Waals surface area (Å²) in [4.78, 5) is 16.6. The fraction of sp³-hybridized carbons (Fsp3) is 0. The van der Waals surface area contributed by atoms with E-state index < -0.39 is 0 Å². The smallest absolute Gasteiger partial charge is 0.250 e. The maximum absolute atomic E-state index is 12.1. The van der Waals surface area contributed by atoms with Crippen LogP contribution in [0.5, 0.6) is 0 Å². The number of carbonyl (C=O) groups is 1. The first kappa shape index (κ1) is 17.0. The van der Waals surface area contributed by atoms with Gasteiger partial charge in [-0.2, -0.15) is 0 Å².